The van der Waals surface area contributed by atoms with Crippen LogP contribution in [0.2, 0.25) is 0 Å². The fourth-order valence-electron chi connectivity index (χ4n) is 1.07. The highest BCUT2D eigenvalue weighted by Crippen LogP contribution is 2.13. The number of hydrogen-bond acceptors (Lipinski definition) is 3. The summed E-state index contributed by atoms with van der Waals surface area (Å²) in [6.45, 7) is 2.07. The van der Waals surface area contributed by atoms with Gasteiger partial charge in [0, 0.05) is 19.1 Å². The summed E-state index contributed by atoms with van der Waals surface area (Å²) in [5.41, 5.74) is 0.720. The van der Waals surface area contributed by atoms with Crippen molar-refractivity contribution >= 4 is 5.78 Å². The summed E-state index contributed by atoms with van der Waals surface area (Å²) in [7, 11) is 1.56. The van der Waals surface area contributed by atoms with Gasteiger partial charge >= 0.3 is 0 Å². The molecule has 0 aliphatic rings. The van der Waals surface area contributed by atoms with Crippen molar-refractivity contribution in [3.05, 3.63) is 29.8 Å². The van der Waals surface area contributed by atoms with E-state index in [9.17, 15) is 4.79 Å². The molecule has 0 radical (unpaired) electrons. The van der Waals surface area contributed by atoms with Gasteiger partial charge in [0.15, 0.2) is 12.6 Å². The Balaban J connectivity index is 2.63. The summed E-state index contributed by atoms with van der Waals surface area (Å²) in [5, 5.41) is 0. The Morgan fingerprint density at radius 3 is 2.43 bits per heavy atom. The molecule has 3 nitrogen and oxygen atoms in total. The van der Waals surface area contributed by atoms with Crippen molar-refractivity contribution in [1.29, 1.82) is 0 Å². The number of carbonyl (C=O) groups is 1. The van der Waals surface area contributed by atoms with Crippen LogP contribution in [-0.4, -0.2) is 19.7 Å². The van der Waals surface area contributed by atoms with Crippen LogP contribution in [0, 0.1) is 0 Å². The average Bonchev–Trinajstić information content (AvgIpc) is 2.26. The molecule has 0 saturated carbocycles. The molecule has 1 aromatic rings. The highest BCUT2D eigenvalue weighted by Gasteiger charge is 2.02. The normalized spacial score (nSPS) is 9.86. The van der Waals surface area contributed by atoms with Crippen LogP contribution < -0.4 is 4.74 Å². The van der Waals surface area contributed by atoms with Gasteiger partial charge in [-0.2, -0.15) is 0 Å². The van der Waals surface area contributed by atoms with E-state index in [0.29, 0.717) is 12.2 Å². The highest BCUT2D eigenvalue weighted by atomic mass is 16.7. The number of carbonyl (C=O) groups excluding carboxylic acids is 1. The number of ether oxygens (including phenoxy) is 2. The molecule has 0 aliphatic heterocycles. The number of benzene rings is 1. The van der Waals surface area contributed by atoms with Crippen LogP contribution in [0.5, 0.6) is 5.75 Å². The lowest BCUT2D eigenvalue weighted by Crippen LogP contribution is -2.00. The van der Waals surface area contributed by atoms with Crippen LogP contribution in [0.4, 0.5) is 0 Å². The zero-order valence-corrected chi connectivity index (χ0v) is 8.45. The molecule has 0 heterocycles. The molecule has 0 bridgehead atoms. The Morgan fingerprint density at radius 2 is 1.93 bits per heavy atom. The van der Waals surface area contributed by atoms with Crippen LogP contribution >= 0.6 is 0 Å². The Morgan fingerprint density at radius 1 is 1.29 bits per heavy atom. The summed E-state index contributed by atoms with van der Waals surface area (Å²) < 4.78 is 9.95. The molecule has 1 rings (SSSR count). The van der Waals surface area contributed by atoms with E-state index in [2.05, 4.69) is 0 Å². The maximum atomic E-state index is 11.3. The van der Waals surface area contributed by atoms with Crippen molar-refractivity contribution in [2.24, 2.45) is 0 Å². The molecule has 0 fully saturated rings. The van der Waals surface area contributed by atoms with Gasteiger partial charge in [-0.05, 0) is 24.3 Å². The predicted molar refractivity (Wildman–Crippen MR) is 53.6 cm³/mol. The SMILES string of the molecule is CCC(=O)c1ccc(OCOC)cc1. The van der Waals surface area contributed by atoms with Crippen molar-refractivity contribution in [2.75, 3.05) is 13.9 Å². The van der Waals surface area contributed by atoms with E-state index in [4.69, 9.17) is 9.47 Å². The minimum atomic E-state index is 0.142. The first-order valence-corrected chi connectivity index (χ1v) is 4.53. The minimum absolute atomic E-state index is 0.142. The van der Waals surface area contributed by atoms with Gasteiger partial charge in [-0.15, -0.1) is 0 Å². The minimum Gasteiger partial charge on any atom is -0.468 e. The van der Waals surface area contributed by atoms with E-state index < -0.39 is 0 Å². The number of methoxy groups -OCH3 is 1. The van der Waals surface area contributed by atoms with Gasteiger partial charge in [0.2, 0.25) is 0 Å². The molecule has 0 amide bonds. The molecular weight excluding hydrogens is 180 g/mol. The lowest BCUT2D eigenvalue weighted by molar-refractivity contribution is 0.0511. The first-order chi connectivity index (χ1) is 6.77. The summed E-state index contributed by atoms with van der Waals surface area (Å²) in [5.74, 6) is 0.850. The Labute approximate surface area is 83.6 Å². The van der Waals surface area contributed by atoms with E-state index in [0.717, 1.165) is 5.56 Å². The average molecular weight is 194 g/mol. The fourth-order valence-corrected chi connectivity index (χ4v) is 1.07. The molecule has 76 valence electrons. The molecule has 0 unspecified atom stereocenters. The lowest BCUT2D eigenvalue weighted by atomic mass is 10.1. The molecule has 0 atom stereocenters. The summed E-state index contributed by atoms with van der Waals surface area (Å²) in [6, 6.07) is 7.05. The fraction of sp³-hybridized carbons (Fsp3) is 0.364. The van der Waals surface area contributed by atoms with Crippen LogP contribution in [0.15, 0.2) is 24.3 Å². The quantitative estimate of drug-likeness (QED) is 0.532. The lowest BCUT2D eigenvalue weighted by Gasteiger charge is -2.04. The van der Waals surface area contributed by atoms with Gasteiger partial charge in [0.05, 0.1) is 0 Å². The molecule has 14 heavy (non-hydrogen) atoms. The number of rotatable bonds is 5. The molecule has 3 heteroatoms. The number of ketones is 1. The smallest absolute Gasteiger partial charge is 0.188 e. The van der Waals surface area contributed by atoms with E-state index in [1.165, 1.54) is 0 Å². The molecule has 1 aromatic carbocycles. The second-order valence-corrected chi connectivity index (χ2v) is 2.85. The van der Waals surface area contributed by atoms with Gasteiger partial charge < -0.3 is 9.47 Å². The second-order valence-electron chi connectivity index (χ2n) is 2.85. The van der Waals surface area contributed by atoms with Gasteiger partial charge in [0.25, 0.3) is 0 Å². The summed E-state index contributed by atoms with van der Waals surface area (Å²) >= 11 is 0. The van der Waals surface area contributed by atoms with Crippen molar-refractivity contribution < 1.29 is 14.3 Å². The van der Waals surface area contributed by atoms with Crippen molar-refractivity contribution in [3.8, 4) is 5.75 Å². The van der Waals surface area contributed by atoms with Crippen LogP contribution in [0.1, 0.15) is 23.7 Å². The molecular formula is C11H14O3. The monoisotopic (exact) mass is 194 g/mol. The zero-order chi connectivity index (χ0) is 10.4. The van der Waals surface area contributed by atoms with Crippen LogP contribution in [-0.2, 0) is 4.74 Å². The molecule has 0 aliphatic carbocycles. The first-order valence-electron chi connectivity index (χ1n) is 4.53. The van der Waals surface area contributed by atoms with Crippen molar-refractivity contribution in [2.45, 2.75) is 13.3 Å². The molecule has 0 N–H and O–H groups in total. The summed E-state index contributed by atoms with van der Waals surface area (Å²) in [6.07, 6.45) is 0.526. The molecule has 0 aromatic heterocycles. The van der Waals surface area contributed by atoms with Crippen LogP contribution in [0.25, 0.3) is 0 Å². The first kappa shape index (κ1) is 10.7. The Hall–Kier alpha value is -1.35. The molecule has 0 spiro atoms. The Kier molecular flexibility index (Phi) is 4.13. The van der Waals surface area contributed by atoms with E-state index in [-0.39, 0.29) is 12.6 Å². The van der Waals surface area contributed by atoms with Crippen molar-refractivity contribution in [3.63, 3.8) is 0 Å². The van der Waals surface area contributed by atoms with E-state index in [1.54, 1.807) is 31.4 Å². The van der Waals surface area contributed by atoms with E-state index in [1.807, 2.05) is 6.92 Å². The van der Waals surface area contributed by atoms with Crippen LogP contribution in [0.3, 0.4) is 0 Å². The van der Waals surface area contributed by atoms with Gasteiger partial charge in [-0.3, -0.25) is 4.79 Å². The third kappa shape index (κ3) is 2.85. The van der Waals surface area contributed by atoms with Crippen molar-refractivity contribution in [1.82, 2.24) is 0 Å². The number of Topliss-reactive ketones (excluding diaryl/α,β-unsaturated/α-hetero) is 1. The topological polar surface area (TPSA) is 35.5 Å². The largest absolute Gasteiger partial charge is 0.468 e. The highest BCUT2D eigenvalue weighted by molar-refractivity contribution is 5.95. The third-order valence-electron chi connectivity index (χ3n) is 1.84. The summed E-state index contributed by atoms with van der Waals surface area (Å²) in [4.78, 5) is 11.3. The van der Waals surface area contributed by atoms with Gasteiger partial charge in [-0.1, -0.05) is 6.92 Å². The second kappa shape index (κ2) is 5.40. The van der Waals surface area contributed by atoms with Gasteiger partial charge in [-0.25, -0.2) is 0 Å². The van der Waals surface area contributed by atoms with E-state index >= 15 is 0 Å². The Bertz CT molecular complexity index is 290. The molecule has 0 saturated heterocycles. The maximum absolute atomic E-state index is 11.3. The number of hydrogen-bond donors (Lipinski definition) is 0. The maximum Gasteiger partial charge on any atom is 0.188 e. The predicted octanol–water partition coefficient (Wildman–Crippen LogP) is 2.26. The third-order valence-corrected chi connectivity index (χ3v) is 1.84. The zero-order valence-electron chi connectivity index (χ0n) is 8.45. The standard InChI is InChI=1S/C11H14O3/c1-3-11(12)9-4-6-10(7-5-9)14-8-13-2/h4-7H,3,8H2,1-2H3. The van der Waals surface area contributed by atoms with Gasteiger partial charge in [0.1, 0.15) is 5.75 Å².